The molecular weight excluding hydrogens is 213 g/mol. The van der Waals surface area contributed by atoms with Crippen LogP contribution < -0.4 is 5.73 Å². The van der Waals surface area contributed by atoms with E-state index < -0.39 is 0 Å². The van der Waals surface area contributed by atoms with E-state index in [2.05, 4.69) is 6.92 Å². The molecule has 0 heterocycles. The molecule has 0 spiro atoms. The summed E-state index contributed by atoms with van der Waals surface area (Å²) < 4.78 is 13.8. The van der Waals surface area contributed by atoms with Gasteiger partial charge in [-0.25, -0.2) is 4.39 Å². The van der Waals surface area contributed by atoms with E-state index in [0.29, 0.717) is 11.5 Å². The third-order valence-corrected chi connectivity index (χ3v) is 4.08. The summed E-state index contributed by atoms with van der Waals surface area (Å²) in [7, 11) is 0. The Labute approximate surface area is 103 Å². The Morgan fingerprint density at radius 1 is 1.24 bits per heavy atom. The van der Waals surface area contributed by atoms with Crippen molar-refractivity contribution in [2.45, 2.75) is 45.6 Å². The molecule has 17 heavy (non-hydrogen) atoms. The summed E-state index contributed by atoms with van der Waals surface area (Å²) in [4.78, 5) is 0. The van der Waals surface area contributed by atoms with Crippen molar-refractivity contribution in [2.75, 3.05) is 0 Å². The van der Waals surface area contributed by atoms with Gasteiger partial charge in [0.05, 0.1) is 0 Å². The van der Waals surface area contributed by atoms with E-state index in [0.717, 1.165) is 24.3 Å². The van der Waals surface area contributed by atoms with Crippen LogP contribution in [0.4, 0.5) is 4.39 Å². The van der Waals surface area contributed by atoms with Crippen LogP contribution in [0.15, 0.2) is 18.2 Å². The SMILES string of the molecule is Cc1ccc(F)c(C(N)C2CCC(C)CC2)c1. The van der Waals surface area contributed by atoms with Crippen LogP contribution in [0, 0.1) is 24.6 Å². The average Bonchev–Trinajstić information content (AvgIpc) is 2.32. The van der Waals surface area contributed by atoms with Crippen molar-refractivity contribution in [2.24, 2.45) is 17.6 Å². The minimum Gasteiger partial charge on any atom is -0.324 e. The quantitative estimate of drug-likeness (QED) is 0.825. The lowest BCUT2D eigenvalue weighted by Crippen LogP contribution is -2.26. The normalized spacial score (nSPS) is 26.8. The van der Waals surface area contributed by atoms with Gasteiger partial charge in [-0.3, -0.25) is 0 Å². The second-order valence-electron chi connectivity index (χ2n) is 5.57. The lowest BCUT2D eigenvalue weighted by molar-refractivity contribution is 0.253. The van der Waals surface area contributed by atoms with Crippen LogP contribution in [0.1, 0.15) is 49.8 Å². The number of benzene rings is 1. The van der Waals surface area contributed by atoms with Crippen molar-refractivity contribution in [1.82, 2.24) is 0 Å². The van der Waals surface area contributed by atoms with Gasteiger partial charge in [-0.05, 0) is 37.7 Å². The van der Waals surface area contributed by atoms with Gasteiger partial charge in [-0.2, -0.15) is 0 Å². The van der Waals surface area contributed by atoms with E-state index >= 15 is 0 Å². The third-order valence-electron chi connectivity index (χ3n) is 4.08. The van der Waals surface area contributed by atoms with Crippen LogP contribution >= 0.6 is 0 Å². The molecule has 1 aliphatic rings. The smallest absolute Gasteiger partial charge is 0.127 e. The fraction of sp³-hybridized carbons (Fsp3) is 0.600. The highest BCUT2D eigenvalue weighted by molar-refractivity contribution is 5.27. The molecule has 1 aromatic rings. The molecule has 1 aliphatic carbocycles. The maximum atomic E-state index is 13.8. The zero-order chi connectivity index (χ0) is 12.4. The van der Waals surface area contributed by atoms with Crippen LogP contribution in [0.3, 0.4) is 0 Å². The Balaban J connectivity index is 2.13. The van der Waals surface area contributed by atoms with Gasteiger partial charge in [0.1, 0.15) is 5.82 Å². The number of hydrogen-bond acceptors (Lipinski definition) is 1. The molecule has 0 amide bonds. The van der Waals surface area contributed by atoms with Gasteiger partial charge in [0.2, 0.25) is 0 Å². The van der Waals surface area contributed by atoms with E-state index in [4.69, 9.17) is 5.73 Å². The fourth-order valence-corrected chi connectivity index (χ4v) is 2.82. The van der Waals surface area contributed by atoms with Crippen LogP contribution in [0.5, 0.6) is 0 Å². The van der Waals surface area contributed by atoms with Crippen molar-refractivity contribution >= 4 is 0 Å². The summed E-state index contributed by atoms with van der Waals surface area (Å²) in [5.41, 5.74) is 8.03. The minimum atomic E-state index is -0.151. The second-order valence-corrected chi connectivity index (χ2v) is 5.57. The van der Waals surface area contributed by atoms with E-state index in [1.54, 1.807) is 6.07 Å². The highest BCUT2D eigenvalue weighted by Gasteiger charge is 2.26. The zero-order valence-corrected chi connectivity index (χ0v) is 10.7. The van der Waals surface area contributed by atoms with Crippen LogP contribution in [0.25, 0.3) is 0 Å². The maximum Gasteiger partial charge on any atom is 0.127 e. The van der Waals surface area contributed by atoms with E-state index in [1.165, 1.54) is 18.9 Å². The number of halogens is 1. The van der Waals surface area contributed by atoms with Crippen LogP contribution in [-0.2, 0) is 0 Å². The van der Waals surface area contributed by atoms with Crippen molar-refractivity contribution in [3.63, 3.8) is 0 Å². The standard InChI is InChI=1S/C15H22FN/c1-10-3-6-12(7-4-10)15(17)13-9-11(2)5-8-14(13)16/h5,8-10,12,15H,3-4,6-7,17H2,1-2H3. The number of hydrogen-bond donors (Lipinski definition) is 1. The second kappa shape index (κ2) is 5.18. The Kier molecular flexibility index (Phi) is 3.82. The van der Waals surface area contributed by atoms with Gasteiger partial charge in [0, 0.05) is 11.6 Å². The van der Waals surface area contributed by atoms with Crippen molar-refractivity contribution < 1.29 is 4.39 Å². The monoisotopic (exact) mass is 235 g/mol. The van der Waals surface area contributed by atoms with Crippen LogP contribution in [-0.4, -0.2) is 0 Å². The molecule has 2 N–H and O–H groups in total. The largest absolute Gasteiger partial charge is 0.324 e. The Morgan fingerprint density at radius 2 is 1.88 bits per heavy atom. The molecule has 0 aromatic heterocycles. The summed E-state index contributed by atoms with van der Waals surface area (Å²) in [5.74, 6) is 1.10. The molecular formula is C15H22FN. The Hall–Kier alpha value is -0.890. The van der Waals surface area contributed by atoms with Crippen molar-refractivity contribution in [3.05, 3.63) is 35.1 Å². The predicted molar refractivity (Wildman–Crippen MR) is 69.2 cm³/mol. The lowest BCUT2D eigenvalue weighted by Gasteiger charge is -2.31. The van der Waals surface area contributed by atoms with Crippen molar-refractivity contribution in [3.8, 4) is 0 Å². The summed E-state index contributed by atoms with van der Waals surface area (Å²) in [6, 6.07) is 5.10. The first kappa shape index (κ1) is 12.6. The average molecular weight is 235 g/mol. The first-order chi connectivity index (χ1) is 8.08. The maximum absolute atomic E-state index is 13.8. The first-order valence-corrected chi connectivity index (χ1v) is 6.59. The molecule has 94 valence electrons. The van der Waals surface area contributed by atoms with Gasteiger partial charge >= 0.3 is 0 Å². The Bertz CT molecular complexity index is 381. The molecule has 1 unspecified atom stereocenters. The van der Waals surface area contributed by atoms with Crippen LogP contribution in [0.2, 0.25) is 0 Å². The number of aryl methyl sites for hydroxylation is 1. The van der Waals surface area contributed by atoms with Gasteiger partial charge < -0.3 is 5.73 Å². The zero-order valence-electron chi connectivity index (χ0n) is 10.7. The van der Waals surface area contributed by atoms with E-state index in [-0.39, 0.29) is 11.9 Å². The topological polar surface area (TPSA) is 26.0 Å². The van der Waals surface area contributed by atoms with Gasteiger partial charge in [-0.15, -0.1) is 0 Å². The molecule has 1 saturated carbocycles. The highest BCUT2D eigenvalue weighted by Crippen LogP contribution is 2.36. The van der Waals surface area contributed by atoms with Crippen molar-refractivity contribution in [1.29, 1.82) is 0 Å². The lowest BCUT2D eigenvalue weighted by atomic mass is 9.77. The number of nitrogens with two attached hydrogens (primary N) is 1. The summed E-state index contributed by atoms with van der Waals surface area (Å²) >= 11 is 0. The fourth-order valence-electron chi connectivity index (χ4n) is 2.82. The highest BCUT2D eigenvalue weighted by atomic mass is 19.1. The first-order valence-electron chi connectivity index (χ1n) is 6.59. The molecule has 1 fully saturated rings. The Morgan fingerprint density at radius 3 is 2.53 bits per heavy atom. The molecule has 0 saturated heterocycles. The molecule has 0 radical (unpaired) electrons. The molecule has 1 atom stereocenters. The summed E-state index contributed by atoms with van der Waals surface area (Å²) in [6.07, 6.45) is 4.73. The minimum absolute atomic E-state index is 0.137. The molecule has 2 heteroatoms. The van der Waals surface area contributed by atoms with E-state index in [9.17, 15) is 4.39 Å². The molecule has 2 rings (SSSR count). The number of rotatable bonds is 2. The van der Waals surface area contributed by atoms with Gasteiger partial charge in [0.25, 0.3) is 0 Å². The molecule has 0 bridgehead atoms. The predicted octanol–water partition coefficient (Wildman–Crippen LogP) is 3.96. The van der Waals surface area contributed by atoms with E-state index in [1.807, 2.05) is 13.0 Å². The molecule has 1 aromatic carbocycles. The molecule has 0 aliphatic heterocycles. The summed E-state index contributed by atoms with van der Waals surface area (Å²) in [5, 5.41) is 0. The summed E-state index contributed by atoms with van der Waals surface area (Å²) in [6.45, 7) is 4.27. The third kappa shape index (κ3) is 2.86. The van der Waals surface area contributed by atoms with Gasteiger partial charge in [-0.1, -0.05) is 37.5 Å². The van der Waals surface area contributed by atoms with Gasteiger partial charge in [0.15, 0.2) is 0 Å². The molecule has 1 nitrogen and oxygen atoms in total.